The minimum absolute atomic E-state index is 0.0370. The second kappa shape index (κ2) is 17.8. The molecule has 6 N–H and O–H groups in total. The highest BCUT2D eigenvalue weighted by molar-refractivity contribution is 5.84. The van der Waals surface area contributed by atoms with Crippen LogP contribution in [-0.4, -0.2) is 99.1 Å². The molecule has 2 aromatic carbocycles. The molecule has 3 aliphatic rings. The predicted molar refractivity (Wildman–Crippen MR) is 227 cm³/mol. The van der Waals surface area contributed by atoms with Gasteiger partial charge in [0.05, 0.1) is 12.2 Å². The summed E-state index contributed by atoms with van der Waals surface area (Å²) in [5.41, 5.74) is 3.83. The zero-order chi connectivity index (χ0) is 39.1. The van der Waals surface area contributed by atoms with Gasteiger partial charge >= 0.3 is 0 Å². The highest BCUT2D eigenvalue weighted by atomic mass is 16.3. The largest absolute Gasteiger partial charge is 0.441 e. The summed E-state index contributed by atoms with van der Waals surface area (Å²) >= 11 is 0. The fraction of sp³-hybridized carbons (Fsp3) is 0.432. The van der Waals surface area contributed by atoms with Gasteiger partial charge in [-0.15, -0.1) is 6.58 Å². The Labute approximate surface area is 335 Å². The van der Waals surface area contributed by atoms with Gasteiger partial charge in [-0.25, -0.2) is 9.97 Å². The van der Waals surface area contributed by atoms with Crippen molar-refractivity contribution in [3.8, 4) is 0 Å². The summed E-state index contributed by atoms with van der Waals surface area (Å²) in [5, 5.41) is 23.6. The van der Waals surface area contributed by atoms with E-state index in [1.807, 2.05) is 37.6 Å². The molecule has 5 aromatic rings. The van der Waals surface area contributed by atoms with Crippen molar-refractivity contribution in [1.82, 2.24) is 40.5 Å². The normalized spacial score (nSPS) is 22.7. The number of nitrogens with one attached hydrogen (secondary N) is 4. The maximum Gasteiger partial charge on any atom is 0.229 e. The first-order valence-electron chi connectivity index (χ1n) is 20.5. The third kappa shape index (κ3) is 8.80. The Hall–Kier alpha value is -5.37. The fourth-order valence-electron chi connectivity index (χ4n) is 8.82. The molecule has 1 aliphatic carbocycles. The quantitative estimate of drug-likeness (QED) is 0.0677. The molecule has 5 unspecified atom stereocenters. The zero-order valence-electron chi connectivity index (χ0n) is 32.8. The van der Waals surface area contributed by atoms with Crippen LogP contribution in [0.1, 0.15) is 62.1 Å². The smallest absolute Gasteiger partial charge is 0.229 e. The summed E-state index contributed by atoms with van der Waals surface area (Å²) in [4.78, 5) is 37.0. The first-order chi connectivity index (χ1) is 27.9. The summed E-state index contributed by atoms with van der Waals surface area (Å²) in [6.07, 6.45) is 8.89. The van der Waals surface area contributed by atoms with Crippen molar-refractivity contribution in [3.05, 3.63) is 115 Å². The fourth-order valence-corrected chi connectivity index (χ4v) is 8.82. The molecule has 1 saturated carbocycles. The summed E-state index contributed by atoms with van der Waals surface area (Å²) < 4.78 is 2.06. The van der Waals surface area contributed by atoms with Crippen molar-refractivity contribution >= 4 is 34.7 Å². The first kappa shape index (κ1) is 38.5. The Morgan fingerprint density at radius 2 is 1.58 bits per heavy atom. The van der Waals surface area contributed by atoms with Crippen molar-refractivity contribution in [1.29, 1.82) is 0 Å². The Balaban J connectivity index is 0.997. The van der Waals surface area contributed by atoms with E-state index in [0.29, 0.717) is 48.0 Å². The standard InChI is InChI=1S/C44H55N11O2/c1-3-12-39(56)50-36-25-37(41(57)30(36)2)55-29-49-40-42(46-26-35(31-13-6-4-7-14-31)32-15-8-5-9-16-32)51-44(52-43(40)55)54-24-20-34(27-54)48-28-47-33-18-22-53(23-19-33)38-17-10-11-21-45-38/h3-11,13-17,21,29-30,33-37,41,47-48,57H,1,12,18-20,22-28H2,2H3,(H,50,56)(H,46,51,52)/p+1. The number of carbonyl (C=O) groups is 1. The topological polar surface area (TPSA) is 151 Å². The SMILES string of the molecule is C=CCC(=O)NC1CC(n2cnc3c(NCC(c4ccccc4)c4ccccc4)nc(N4CCC(NCNC5CCN(c6ccccn6)CC5)C4)nc32)C([OH2+])C1C. The van der Waals surface area contributed by atoms with E-state index >= 15 is 0 Å². The van der Waals surface area contributed by atoms with Gasteiger partial charge in [0.2, 0.25) is 11.9 Å². The van der Waals surface area contributed by atoms with Gasteiger partial charge in [0.25, 0.3) is 0 Å². The van der Waals surface area contributed by atoms with Crippen molar-refractivity contribution in [2.45, 2.75) is 75.2 Å². The van der Waals surface area contributed by atoms with Crippen LogP contribution in [0, 0.1) is 5.92 Å². The highest BCUT2D eigenvalue weighted by Gasteiger charge is 2.45. The van der Waals surface area contributed by atoms with E-state index < -0.39 is 6.10 Å². The average molecular weight is 771 g/mol. The van der Waals surface area contributed by atoms with Crippen LogP contribution in [0.5, 0.6) is 0 Å². The molecule has 3 fully saturated rings. The molecule has 5 heterocycles. The molecule has 57 heavy (non-hydrogen) atoms. The van der Waals surface area contributed by atoms with E-state index in [1.165, 1.54) is 11.1 Å². The summed E-state index contributed by atoms with van der Waals surface area (Å²) in [6, 6.07) is 27.7. The number of hydrogen-bond donors (Lipinski definition) is 4. The summed E-state index contributed by atoms with van der Waals surface area (Å²) in [7, 11) is 0. The molecule has 0 radical (unpaired) electrons. The maximum atomic E-state index is 12.5. The molecule has 13 nitrogen and oxygen atoms in total. The lowest BCUT2D eigenvalue weighted by Gasteiger charge is -2.33. The molecule has 13 heteroatoms. The molecule has 2 aliphatic heterocycles. The number of benzene rings is 2. The van der Waals surface area contributed by atoms with Crippen LogP contribution >= 0.6 is 0 Å². The van der Waals surface area contributed by atoms with Crippen molar-refractivity contribution < 1.29 is 9.90 Å². The molecule has 8 rings (SSSR count). The molecular weight excluding hydrogens is 715 g/mol. The lowest BCUT2D eigenvalue weighted by molar-refractivity contribution is -0.121. The third-order valence-electron chi connectivity index (χ3n) is 12.2. The number of nitrogens with zero attached hydrogens (tertiary/aromatic N) is 7. The summed E-state index contributed by atoms with van der Waals surface area (Å²) in [6.45, 7) is 10.7. The number of aromatic nitrogens is 5. The molecule has 3 aromatic heterocycles. The minimum atomic E-state index is -0.443. The van der Waals surface area contributed by atoms with E-state index in [-0.39, 0.29) is 36.2 Å². The van der Waals surface area contributed by atoms with Crippen molar-refractivity contribution in [2.75, 3.05) is 54.5 Å². The van der Waals surface area contributed by atoms with Crippen LogP contribution in [0.2, 0.25) is 0 Å². The number of fused-ring (bicyclic) bond motifs is 1. The van der Waals surface area contributed by atoms with Crippen LogP contribution in [0.15, 0.2) is 104 Å². The van der Waals surface area contributed by atoms with Crippen LogP contribution in [0.25, 0.3) is 11.2 Å². The van der Waals surface area contributed by atoms with E-state index in [4.69, 9.17) is 15.0 Å². The monoisotopic (exact) mass is 770 g/mol. The first-order valence-corrected chi connectivity index (χ1v) is 20.5. The van der Waals surface area contributed by atoms with Gasteiger partial charge in [-0.05, 0) is 48.9 Å². The van der Waals surface area contributed by atoms with Gasteiger partial charge in [0.1, 0.15) is 11.9 Å². The number of piperidine rings is 1. The predicted octanol–water partition coefficient (Wildman–Crippen LogP) is 4.58. The minimum Gasteiger partial charge on any atom is -0.441 e. The van der Waals surface area contributed by atoms with Gasteiger partial charge in [0.15, 0.2) is 23.1 Å². The lowest BCUT2D eigenvalue weighted by atomic mass is 9.91. The second-order valence-corrected chi connectivity index (χ2v) is 15.8. The number of carbonyl (C=O) groups excluding carboxylic acids is 1. The van der Waals surface area contributed by atoms with Crippen LogP contribution in [0.3, 0.4) is 0 Å². The van der Waals surface area contributed by atoms with E-state index in [2.05, 4.69) is 108 Å². The van der Waals surface area contributed by atoms with Crippen LogP contribution < -0.4 is 31.1 Å². The lowest BCUT2D eigenvalue weighted by Crippen LogP contribution is -2.47. The van der Waals surface area contributed by atoms with Crippen LogP contribution in [-0.2, 0) is 4.79 Å². The summed E-state index contributed by atoms with van der Waals surface area (Å²) in [5.74, 6) is 2.39. The van der Waals surface area contributed by atoms with Gasteiger partial charge in [-0.1, -0.05) is 79.7 Å². The molecule has 0 bridgehead atoms. The van der Waals surface area contributed by atoms with Crippen molar-refractivity contribution in [3.63, 3.8) is 0 Å². The molecule has 298 valence electrons. The number of amides is 1. The van der Waals surface area contributed by atoms with Gasteiger partial charge in [-0.2, -0.15) is 9.97 Å². The Kier molecular flexibility index (Phi) is 12.0. The number of rotatable bonds is 15. The van der Waals surface area contributed by atoms with Gasteiger partial charge < -0.3 is 35.4 Å². The Bertz CT molecular complexity index is 2030. The maximum absolute atomic E-state index is 12.5. The molecule has 0 spiro atoms. The average Bonchev–Trinajstić information content (AvgIpc) is 3.97. The number of hydrogen-bond acceptors (Lipinski definition) is 10. The molecular formula is C44H56N11O2+. The molecule has 1 amide bonds. The number of pyridine rings is 1. The Morgan fingerprint density at radius 1 is 0.895 bits per heavy atom. The third-order valence-corrected chi connectivity index (χ3v) is 12.2. The highest BCUT2D eigenvalue weighted by Crippen LogP contribution is 2.38. The number of imidazole rings is 1. The molecule has 5 atom stereocenters. The van der Waals surface area contributed by atoms with Crippen molar-refractivity contribution in [2.24, 2.45) is 5.92 Å². The Morgan fingerprint density at radius 3 is 2.28 bits per heavy atom. The van der Waals surface area contributed by atoms with E-state index in [1.54, 1.807) is 6.08 Å². The van der Waals surface area contributed by atoms with Gasteiger partial charge in [0, 0.05) is 76.1 Å². The number of anilines is 3. The van der Waals surface area contributed by atoms with Crippen LogP contribution in [0.4, 0.5) is 17.6 Å². The van der Waals surface area contributed by atoms with Gasteiger partial charge in [-0.3, -0.25) is 10.1 Å². The zero-order valence-corrected chi connectivity index (χ0v) is 32.8. The van der Waals surface area contributed by atoms with E-state index in [9.17, 15) is 9.90 Å². The van der Waals surface area contributed by atoms with E-state index in [0.717, 1.165) is 57.9 Å². The molecule has 2 saturated heterocycles. The second-order valence-electron chi connectivity index (χ2n) is 15.8.